The first kappa shape index (κ1) is 63.1. The van der Waals surface area contributed by atoms with Crippen molar-refractivity contribution in [2.24, 2.45) is 0 Å². The van der Waals surface area contributed by atoms with E-state index in [9.17, 15) is 0 Å². The van der Waals surface area contributed by atoms with Crippen LogP contribution >= 0.6 is 31.9 Å². The second kappa shape index (κ2) is 27.9. The number of nitrogens with one attached hydrogen (secondary N) is 1. The van der Waals surface area contributed by atoms with Crippen LogP contribution in [0.25, 0.3) is 22.5 Å². The summed E-state index contributed by atoms with van der Waals surface area (Å²) in [5.41, 5.74) is 23.8. The second-order valence-corrected chi connectivity index (χ2v) is 26.5. The Morgan fingerprint density at radius 3 is 1.00 bits per heavy atom. The highest BCUT2D eigenvalue weighted by Crippen LogP contribution is 2.56. The van der Waals surface area contributed by atoms with Crippen LogP contribution in [0.4, 0.5) is 79.6 Å². The molecule has 472 valence electrons. The van der Waals surface area contributed by atoms with Crippen molar-refractivity contribution in [2.45, 2.75) is 38.5 Å². The number of aromatic nitrogens is 5. The molecule has 9 aromatic carbocycles. The van der Waals surface area contributed by atoms with Crippen molar-refractivity contribution >= 4 is 111 Å². The molecule has 0 unspecified atom stereocenters. The predicted octanol–water partition coefficient (Wildman–Crippen LogP) is 23.8. The van der Waals surface area contributed by atoms with Crippen LogP contribution in [0.1, 0.15) is 49.9 Å². The van der Waals surface area contributed by atoms with Crippen molar-refractivity contribution in [3.05, 3.63) is 366 Å². The van der Waals surface area contributed by atoms with Crippen molar-refractivity contribution in [2.75, 3.05) is 24.9 Å². The van der Waals surface area contributed by atoms with E-state index in [0.717, 1.165) is 99.7 Å². The fourth-order valence-corrected chi connectivity index (χ4v) is 13.7. The maximum Gasteiger partial charge on any atom is 0.0703 e. The normalized spacial score (nSPS) is 12.8. The molecule has 0 saturated carbocycles. The van der Waals surface area contributed by atoms with Gasteiger partial charge in [0.05, 0.1) is 57.9 Å². The summed E-state index contributed by atoms with van der Waals surface area (Å²) in [5, 5.41) is 3.26. The van der Waals surface area contributed by atoms with Gasteiger partial charge in [0.1, 0.15) is 0 Å². The fraction of sp³-hybridized carbons (Fsp3) is 0.0706. The van der Waals surface area contributed by atoms with Gasteiger partial charge in [-0.05, 0) is 192 Å². The third kappa shape index (κ3) is 13.3. The lowest BCUT2D eigenvalue weighted by molar-refractivity contribution is 0.631. The van der Waals surface area contributed by atoms with Gasteiger partial charge in [0.25, 0.3) is 0 Å². The molecule has 2 aliphatic rings. The van der Waals surface area contributed by atoms with Gasteiger partial charge in [-0.1, -0.05) is 175 Å². The van der Waals surface area contributed by atoms with Gasteiger partial charge in [0.2, 0.25) is 0 Å². The van der Waals surface area contributed by atoms with Crippen molar-refractivity contribution in [1.29, 1.82) is 0 Å². The van der Waals surface area contributed by atoms with Crippen LogP contribution in [0, 0.1) is 0 Å². The lowest BCUT2D eigenvalue weighted by atomic mass is 9.73. The van der Waals surface area contributed by atoms with Crippen LogP contribution in [0.15, 0.2) is 344 Å². The minimum absolute atomic E-state index is 0.119. The zero-order valence-electron chi connectivity index (χ0n) is 54.0. The number of hydrogen-bond acceptors (Lipinski definition) is 10. The number of halogens is 2. The zero-order valence-corrected chi connectivity index (χ0v) is 57.2. The number of anilines is 14. The van der Waals surface area contributed by atoms with Crippen LogP contribution in [0.3, 0.4) is 0 Å². The van der Waals surface area contributed by atoms with Gasteiger partial charge < -0.3 is 24.9 Å². The molecular weight excluding hydrogens is 1320 g/mol. The summed E-state index contributed by atoms with van der Waals surface area (Å²) in [6, 6.07) is 99.1. The molecule has 5 aromatic heterocycles. The highest BCUT2D eigenvalue weighted by Gasteiger charge is 2.40. The smallest absolute Gasteiger partial charge is 0.0703 e. The Labute approximate surface area is 584 Å². The number of rotatable bonds is 12. The third-order valence-electron chi connectivity index (χ3n) is 17.8. The number of nitrogens with zero attached hydrogens (tertiary/aromatic N) is 9. The molecule has 0 amide bonds. The van der Waals surface area contributed by atoms with Gasteiger partial charge in [0.15, 0.2) is 0 Å². The molecule has 0 fully saturated rings. The van der Waals surface area contributed by atoms with E-state index in [1.54, 1.807) is 12.4 Å². The second-order valence-electron chi connectivity index (χ2n) is 24.7. The third-order valence-corrected chi connectivity index (χ3v) is 18.8. The van der Waals surface area contributed by atoms with Crippen LogP contribution in [-0.4, -0.2) is 24.9 Å². The summed E-state index contributed by atoms with van der Waals surface area (Å²) in [5.74, 6) is 0. The van der Waals surface area contributed by atoms with E-state index >= 15 is 0 Å². The molecular formula is C85H68Br2N10. The Morgan fingerprint density at radius 2 is 0.629 bits per heavy atom. The molecule has 0 atom stereocenters. The van der Waals surface area contributed by atoms with E-state index in [4.69, 9.17) is 9.97 Å². The summed E-state index contributed by atoms with van der Waals surface area (Å²) in [6.07, 6.45) is 14.9. The van der Waals surface area contributed by atoms with Crippen molar-refractivity contribution < 1.29 is 0 Å². The van der Waals surface area contributed by atoms with Gasteiger partial charge in [-0.3, -0.25) is 24.9 Å². The standard InChI is InChI=1S/C48H38N6.C26H20Br2N2.C11H10N2/c1-48(2)43-32-40(52(36-14-8-4-9-15-36)38-24-28-49-29-25-38)19-22-46(43)54(42-18-21-45(51-34-42)35-12-6-3-7-13-35)47-23-20-41(33-44(47)48)53(37-16-10-5-11-17-37)39-26-30-50-31-27-39;1-26(2)21-14-18(27)8-12-24(21)30(25-13-9-19(28)15-22(25)26)20-10-11-23(29-16-20)17-6-4-3-5-7-17;1-2-4-10(5-3-1)13-11-6-8-12-9-7-11/h3-34H,1-2H3;3-16H,1-2H3;1-9H,(H,12,13). The molecule has 0 radical (unpaired) electrons. The summed E-state index contributed by atoms with van der Waals surface area (Å²) >= 11 is 7.34. The Hall–Kier alpha value is -11.3. The molecule has 10 nitrogen and oxygen atoms in total. The van der Waals surface area contributed by atoms with E-state index < -0.39 is 0 Å². The number of benzene rings is 9. The molecule has 7 heterocycles. The predicted molar refractivity (Wildman–Crippen MR) is 407 cm³/mol. The molecule has 0 saturated heterocycles. The minimum Gasteiger partial charge on any atom is -0.355 e. The quantitative estimate of drug-likeness (QED) is 0.128. The minimum atomic E-state index is -0.383. The molecule has 14 aromatic rings. The largest absolute Gasteiger partial charge is 0.355 e. The number of fused-ring (bicyclic) bond motifs is 4. The summed E-state index contributed by atoms with van der Waals surface area (Å²) in [6.45, 7) is 9.26. The Bertz CT molecular complexity index is 4650. The van der Waals surface area contributed by atoms with E-state index in [-0.39, 0.29) is 10.8 Å². The summed E-state index contributed by atoms with van der Waals surface area (Å²) < 4.78 is 2.18. The van der Waals surface area contributed by atoms with Gasteiger partial charge in [-0.15, -0.1) is 0 Å². The van der Waals surface area contributed by atoms with Gasteiger partial charge in [0, 0.05) is 114 Å². The molecule has 16 rings (SSSR count). The highest BCUT2D eigenvalue weighted by atomic mass is 79.9. The van der Waals surface area contributed by atoms with E-state index in [2.05, 4.69) is 318 Å². The summed E-state index contributed by atoms with van der Waals surface area (Å²) in [4.78, 5) is 31.6. The maximum atomic E-state index is 4.99. The molecule has 0 aliphatic carbocycles. The first-order valence-electron chi connectivity index (χ1n) is 32.2. The van der Waals surface area contributed by atoms with Crippen molar-refractivity contribution in [1.82, 2.24) is 24.9 Å². The van der Waals surface area contributed by atoms with Crippen LogP contribution in [-0.2, 0) is 10.8 Å². The SMILES string of the molecule is CC1(C)c2cc(Br)ccc2N(c2ccc(-c3ccccc3)nc2)c2ccc(Br)cc21.CC1(C)c2cc(N(c3ccccc3)c3ccncc3)ccc2N(c2ccc(-c3ccccc3)nc2)c2ccc(N(c3ccccc3)c3ccncc3)cc21.c1ccc(Nc2ccncc2)cc1. The van der Waals surface area contributed by atoms with Crippen LogP contribution in [0.2, 0.25) is 0 Å². The fourth-order valence-electron chi connectivity index (χ4n) is 13.0. The Morgan fingerprint density at radius 1 is 0.309 bits per heavy atom. The van der Waals surface area contributed by atoms with E-state index in [1.807, 2.05) is 104 Å². The first-order chi connectivity index (χ1) is 47.5. The number of hydrogen-bond donors (Lipinski definition) is 1. The van der Waals surface area contributed by atoms with Gasteiger partial charge >= 0.3 is 0 Å². The van der Waals surface area contributed by atoms with Gasteiger partial charge in [-0.2, -0.15) is 0 Å². The lowest BCUT2D eigenvalue weighted by Crippen LogP contribution is -2.31. The van der Waals surface area contributed by atoms with Crippen LogP contribution < -0.4 is 24.9 Å². The first-order valence-corrected chi connectivity index (χ1v) is 33.8. The van der Waals surface area contributed by atoms with Gasteiger partial charge in [-0.25, -0.2) is 0 Å². The molecule has 1 N–H and O–H groups in total. The number of para-hydroxylation sites is 3. The molecule has 2 aliphatic heterocycles. The van der Waals surface area contributed by atoms with Crippen molar-refractivity contribution in [3.63, 3.8) is 0 Å². The average Bonchev–Trinajstić information content (AvgIpc) is 0.727. The Balaban J connectivity index is 0.000000155. The lowest BCUT2D eigenvalue weighted by Gasteiger charge is -2.43. The molecule has 12 heteroatoms. The molecule has 0 bridgehead atoms. The highest BCUT2D eigenvalue weighted by molar-refractivity contribution is 9.10. The van der Waals surface area contributed by atoms with Crippen molar-refractivity contribution in [3.8, 4) is 22.5 Å². The zero-order chi connectivity index (χ0) is 66.3. The topological polar surface area (TPSA) is 89.4 Å². The monoisotopic (exact) mass is 1390 g/mol. The molecule has 97 heavy (non-hydrogen) atoms. The van der Waals surface area contributed by atoms with E-state index in [0.29, 0.717) is 0 Å². The Kier molecular flexibility index (Phi) is 18.2. The average molecular weight is 1390 g/mol. The maximum absolute atomic E-state index is 4.99. The summed E-state index contributed by atoms with van der Waals surface area (Å²) in [7, 11) is 0. The van der Waals surface area contributed by atoms with E-state index in [1.165, 1.54) is 33.6 Å². The number of pyridine rings is 5. The van der Waals surface area contributed by atoms with Crippen LogP contribution in [0.5, 0.6) is 0 Å². The molecule has 0 spiro atoms.